The fourth-order valence-corrected chi connectivity index (χ4v) is 2.48. The third-order valence-corrected chi connectivity index (χ3v) is 3.33. The molecule has 20 heavy (non-hydrogen) atoms. The summed E-state index contributed by atoms with van der Waals surface area (Å²) >= 11 is 0. The molecule has 114 valence electrons. The maximum atomic E-state index is 10.6. The molecule has 1 rings (SSSR count). The lowest BCUT2D eigenvalue weighted by molar-refractivity contribution is 0.110. The van der Waals surface area contributed by atoms with Gasteiger partial charge in [0, 0.05) is 12.1 Å². The lowest BCUT2D eigenvalue weighted by atomic mass is 10.0. The molecule has 0 bridgehead atoms. The second-order valence-corrected chi connectivity index (χ2v) is 5.29. The highest BCUT2D eigenvalue weighted by atomic mass is 16.5. The smallest absolute Gasteiger partial charge is 0.125 e. The Kier molecular flexibility index (Phi) is 7.63. The normalized spacial score (nSPS) is 12.7. The number of nitrogens with zero attached hydrogens (tertiary/aromatic N) is 1. The molecule has 1 atom stereocenters. The third-order valence-electron chi connectivity index (χ3n) is 3.33. The molecule has 0 aliphatic rings. The zero-order valence-electron chi connectivity index (χ0n) is 13.4. The van der Waals surface area contributed by atoms with Crippen LogP contribution in [0.2, 0.25) is 0 Å². The standard InChI is InChI=1S/C17H29NO2/c1-5-10-18(11-6-2)13-16(19)15-12-14(4)8-9-17(15)20-7-3/h8-9,12,16,19H,5-7,10-11,13H2,1-4H3. The van der Waals surface area contributed by atoms with Crippen LogP contribution < -0.4 is 4.74 Å². The Morgan fingerprint density at radius 1 is 1.15 bits per heavy atom. The topological polar surface area (TPSA) is 32.7 Å². The van der Waals surface area contributed by atoms with Crippen LogP contribution in [-0.2, 0) is 0 Å². The van der Waals surface area contributed by atoms with E-state index in [9.17, 15) is 5.11 Å². The van der Waals surface area contributed by atoms with Crippen LogP contribution in [0.25, 0.3) is 0 Å². The molecule has 0 amide bonds. The van der Waals surface area contributed by atoms with Crippen LogP contribution in [-0.4, -0.2) is 36.2 Å². The van der Waals surface area contributed by atoms with E-state index in [4.69, 9.17) is 4.74 Å². The summed E-state index contributed by atoms with van der Waals surface area (Å²) in [5, 5.41) is 10.6. The van der Waals surface area contributed by atoms with E-state index in [1.165, 1.54) is 0 Å². The van der Waals surface area contributed by atoms with Gasteiger partial charge in [-0.2, -0.15) is 0 Å². The molecule has 1 N–H and O–H groups in total. The maximum Gasteiger partial charge on any atom is 0.125 e. The largest absolute Gasteiger partial charge is 0.493 e. The number of aliphatic hydroxyl groups excluding tert-OH is 1. The number of ether oxygens (including phenoxy) is 1. The van der Waals surface area contributed by atoms with Crippen LogP contribution in [0.1, 0.15) is 50.8 Å². The summed E-state index contributed by atoms with van der Waals surface area (Å²) in [7, 11) is 0. The van der Waals surface area contributed by atoms with Crippen molar-refractivity contribution in [3.63, 3.8) is 0 Å². The number of benzene rings is 1. The van der Waals surface area contributed by atoms with Gasteiger partial charge in [-0.3, -0.25) is 0 Å². The van der Waals surface area contributed by atoms with Crippen molar-refractivity contribution >= 4 is 0 Å². The van der Waals surface area contributed by atoms with E-state index in [1.54, 1.807) is 0 Å². The molecule has 0 spiro atoms. The molecule has 0 aliphatic heterocycles. The first-order valence-electron chi connectivity index (χ1n) is 7.76. The number of rotatable bonds is 9. The van der Waals surface area contributed by atoms with Crippen LogP contribution in [0.3, 0.4) is 0 Å². The zero-order chi connectivity index (χ0) is 15.0. The van der Waals surface area contributed by atoms with Crippen molar-refractivity contribution in [3.05, 3.63) is 29.3 Å². The van der Waals surface area contributed by atoms with Crippen LogP contribution in [0.4, 0.5) is 0 Å². The van der Waals surface area contributed by atoms with Gasteiger partial charge in [0.1, 0.15) is 5.75 Å². The highest BCUT2D eigenvalue weighted by Gasteiger charge is 2.17. The zero-order valence-corrected chi connectivity index (χ0v) is 13.4. The highest BCUT2D eigenvalue weighted by molar-refractivity contribution is 5.38. The molecule has 0 aliphatic carbocycles. The third kappa shape index (κ3) is 5.14. The first kappa shape index (κ1) is 17.0. The minimum absolute atomic E-state index is 0.491. The molecule has 1 aromatic rings. The van der Waals surface area contributed by atoms with Gasteiger partial charge in [0.2, 0.25) is 0 Å². The SMILES string of the molecule is CCCN(CCC)CC(O)c1cc(C)ccc1OCC. The molecular formula is C17H29NO2. The first-order chi connectivity index (χ1) is 9.62. The van der Waals surface area contributed by atoms with E-state index in [-0.39, 0.29) is 0 Å². The van der Waals surface area contributed by atoms with Crippen molar-refractivity contribution in [1.29, 1.82) is 0 Å². The number of aryl methyl sites for hydroxylation is 1. The van der Waals surface area contributed by atoms with E-state index >= 15 is 0 Å². The summed E-state index contributed by atoms with van der Waals surface area (Å²) in [5.41, 5.74) is 2.06. The van der Waals surface area contributed by atoms with Crippen LogP contribution in [0.15, 0.2) is 18.2 Å². The lowest BCUT2D eigenvalue weighted by Crippen LogP contribution is -2.30. The Morgan fingerprint density at radius 3 is 2.35 bits per heavy atom. The second kappa shape index (κ2) is 8.98. The fraction of sp³-hybridized carbons (Fsp3) is 0.647. The Bertz CT molecular complexity index is 387. The van der Waals surface area contributed by atoms with E-state index in [1.807, 2.05) is 32.0 Å². The van der Waals surface area contributed by atoms with Crippen LogP contribution in [0.5, 0.6) is 5.75 Å². The van der Waals surface area contributed by atoms with Crippen LogP contribution >= 0.6 is 0 Å². The molecule has 0 saturated heterocycles. The summed E-state index contributed by atoms with van der Waals surface area (Å²) in [6.45, 7) is 11.7. The van der Waals surface area contributed by atoms with Gasteiger partial charge >= 0.3 is 0 Å². The van der Waals surface area contributed by atoms with E-state index in [0.29, 0.717) is 13.2 Å². The van der Waals surface area contributed by atoms with E-state index < -0.39 is 6.10 Å². The summed E-state index contributed by atoms with van der Waals surface area (Å²) < 4.78 is 5.64. The predicted octanol–water partition coefficient (Wildman–Crippen LogP) is 3.55. The van der Waals surface area contributed by atoms with Gasteiger partial charge in [0.15, 0.2) is 0 Å². The Balaban J connectivity index is 2.83. The highest BCUT2D eigenvalue weighted by Crippen LogP contribution is 2.27. The summed E-state index contributed by atoms with van der Waals surface area (Å²) in [5.74, 6) is 0.804. The Hall–Kier alpha value is -1.06. The molecule has 3 nitrogen and oxygen atoms in total. The summed E-state index contributed by atoms with van der Waals surface area (Å²) in [6, 6.07) is 6.02. The van der Waals surface area contributed by atoms with Crippen LogP contribution in [0, 0.1) is 6.92 Å². The maximum absolute atomic E-state index is 10.6. The minimum atomic E-state index is -0.491. The average molecular weight is 279 g/mol. The first-order valence-corrected chi connectivity index (χ1v) is 7.76. The summed E-state index contributed by atoms with van der Waals surface area (Å²) in [4.78, 5) is 2.32. The second-order valence-electron chi connectivity index (χ2n) is 5.29. The van der Waals surface area contributed by atoms with Crippen molar-refractivity contribution in [3.8, 4) is 5.75 Å². The van der Waals surface area contributed by atoms with Gasteiger partial charge < -0.3 is 14.7 Å². The molecule has 1 unspecified atom stereocenters. The molecule has 1 aromatic carbocycles. The molecule has 3 heteroatoms. The van der Waals surface area contributed by atoms with Gasteiger partial charge in [0.25, 0.3) is 0 Å². The fourth-order valence-electron chi connectivity index (χ4n) is 2.48. The molecule has 0 heterocycles. The predicted molar refractivity (Wildman–Crippen MR) is 84.3 cm³/mol. The average Bonchev–Trinajstić information content (AvgIpc) is 2.41. The van der Waals surface area contributed by atoms with E-state index in [2.05, 4.69) is 18.7 Å². The quantitative estimate of drug-likeness (QED) is 0.750. The van der Waals surface area contributed by atoms with Gasteiger partial charge in [-0.05, 0) is 51.9 Å². The van der Waals surface area contributed by atoms with Gasteiger partial charge in [-0.15, -0.1) is 0 Å². The minimum Gasteiger partial charge on any atom is -0.493 e. The number of hydrogen-bond acceptors (Lipinski definition) is 3. The van der Waals surface area contributed by atoms with Crippen molar-refractivity contribution in [2.24, 2.45) is 0 Å². The van der Waals surface area contributed by atoms with Gasteiger partial charge in [-0.25, -0.2) is 0 Å². The summed E-state index contributed by atoms with van der Waals surface area (Å²) in [6.07, 6.45) is 1.73. The molecule has 0 aromatic heterocycles. The number of aliphatic hydroxyl groups is 1. The van der Waals surface area contributed by atoms with Crippen molar-refractivity contribution in [1.82, 2.24) is 4.90 Å². The Labute approximate surface area is 123 Å². The Morgan fingerprint density at radius 2 is 1.80 bits per heavy atom. The van der Waals surface area contributed by atoms with Crippen molar-refractivity contribution in [2.75, 3.05) is 26.2 Å². The number of hydrogen-bond donors (Lipinski definition) is 1. The van der Waals surface area contributed by atoms with Gasteiger partial charge in [-0.1, -0.05) is 25.5 Å². The molecule has 0 fully saturated rings. The van der Waals surface area contributed by atoms with Gasteiger partial charge in [0.05, 0.1) is 12.7 Å². The molecule has 0 radical (unpaired) electrons. The monoisotopic (exact) mass is 279 g/mol. The molecule has 0 saturated carbocycles. The van der Waals surface area contributed by atoms with E-state index in [0.717, 1.165) is 42.8 Å². The lowest BCUT2D eigenvalue weighted by Gasteiger charge is -2.25. The molecular weight excluding hydrogens is 250 g/mol. The van der Waals surface area contributed by atoms with Crippen molar-refractivity contribution in [2.45, 2.75) is 46.6 Å². The van der Waals surface area contributed by atoms with Crippen molar-refractivity contribution < 1.29 is 9.84 Å².